The summed E-state index contributed by atoms with van der Waals surface area (Å²) in [4.78, 5) is 5.39. The van der Waals surface area contributed by atoms with E-state index in [9.17, 15) is 0 Å². The van der Waals surface area contributed by atoms with Gasteiger partial charge in [-0.1, -0.05) is 20.3 Å². The first-order valence-corrected chi connectivity index (χ1v) is 7.38. The largest absolute Gasteiger partial charge is 0.313 e. The lowest BCUT2D eigenvalue weighted by atomic mass is 9.99. The second-order valence-corrected chi connectivity index (χ2v) is 6.09. The Morgan fingerprint density at radius 1 is 1.12 bits per heavy atom. The Morgan fingerprint density at radius 3 is 2.71 bits per heavy atom. The quantitative estimate of drug-likeness (QED) is 0.803. The minimum atomic E-state index is 0.605. The van der Waals surface area contributed by atoms with Gasteiger partial charge in [0.05, 0.1) is 0 Å². The molecule has 2 fully saturated rings. The maximum atomic E-state index is 3.56. The molecule has 3 nitrogen and oxygen atoms in total. The third-order valence-corrected chi connectivity index (χ3v) is 4.31. The summed E-state index contributed by atoms with van der Waals surface area (Å²) >= 11 is 0. The summed E-state index contributed by atoms with van der Waals surface area (Å²) in [6.07, 6.45) is 4.27. The molecule has 2 unspecified atom stereocenters. The Hall–Kier alpha value is -0.120. The van der Waals surface area contributed by atoms with Crippen molar-refractivity contribution in [1.82, 2.24) is 15.1 Å². The van der Waals surface area contributed by atoms with E-state index in [1.807, 2.05) is 0 Å². The Morgan fingerprint density at radius 2 is 1.94 bits per heavy atom. The number of fused-ring (bicyclic) bond motifs is 1. The molecule has 0 saturated carbocycles. The fourth-order valence-electron chi connectivity index (χ4n) is 3.12. The van der Waals surface area contributed by atoms with Crippen LogP contribution in [0.15, 0.2) is 0 Å². The molecule has 0 spiro atoms. The molecule has 3 heteroatoms. The molecule has 1 N–H and O–H groups in total. The molecule has 2 aliphatic rings. The summed E-state index contributed by atoms with van der Waals surface area (Å²) in [5.74, 6) is 0. The van der Waals surface area contributed by atoms with Crippen molar-refractivity contribution in [1.29, 1.82) is 0 Å². The zero-order valence-corrected chi connectivity index (χ0v) is 11.8. The van der Waals surface area contributed by atoms with Crippen molar-refractivity contribution in [3.63, 3.8) is 0 Å². The Kier molecular flexibility index (Phi) is 4.83. The van der Waals surface area contributed by atoms with Crippen LogP contribution in [-0.4, -0.2) is 60.6 Å². The van der Waals surface area contributed by atoms with Crippen LogP contribution in [0.4, 0.5) is 0 Å². The fraction of sp³-hybridized carbons (Fsp3) is 1.00. The third-order valence-electron chi connectivity index (χ3n) is 4.31. The van der Waals surface area contributed by atoms with E-state index in [0.717, 1.165) is 12.6 Å². The van der Waals surface area contributed by atoms with Crippen molar-refractivity contribution >= 4 is 0 Å². The summed E-state index contributed by atoms with van der Waals surface area (Å²) in [6, 6.07) is 2.13. The van der Waals surface area contributed by atoms with E-state index in [2.05, 4.69) is 35.9 Å². The van der Waals surface area contributed by atoms with E-state index in [0.29, 0.717) is 12.1 Å². The minimum Gasteiger partial charge on any atom is -0.313 e. The molecule has 2 heterocycles. The molecule has 0 radical (unpaired) electrons. The maximum absolute atomic E-state index is 3.56. The van der Waals surface area contributed by atoms with E-state index in [4.69, 9.17) is 0 Å². The average Bonchev–Trinajstić information content (AvgIpc) is 2.35. The van der Waals surface area contributed by atoms with Crippen molar-refractivity contribution in [3.05, 3.63) is 0 Å². The summed E-state index contributed by atoms with van der Waals surface area (Å²) in [7, 11) is 0. The SMILES string of the molecule is CC(C)NCC(C)N1CCN2CCCCC2C1. The average molecular weight is 239 g/mol. The lowest BCUT2D eigenvalue weighted by Crippen LogP contribution is -2.58. The van der Waals surface area contributed by atoms with Crippen LogP contribution < -0.4 is 5.32 Å². The zero-order valence-electron chi connectivity index (χ0n) is 11.8. The van der Waals surface area contributed by atoms with Crippen LogP contribution in [0.2, 0.25) is 0 Å². The fourth-order valence-corrected chi connectivity index (χ4v) is 3.12. The number of hydrogen-bond acceptors (Lipinski definition) is 3. The molecule has 0 bridgehead atoms. The highest BCUT2D eigenvalue weighted by molar-refractivity contribution is 4.87. The Labute approximate surface area is 107 Å². The topological polar surface area (TPSA) is 18.5 Å². The molecule has 2 rings (SSSR count). The summed E-state index contributed by atoms with van der Waals surface area (Å²) in [6.45, 7) is 13.1. The molecule has 2 aliphatic heterocycles. The van der Waals surface area contributed by atoms with Gasteiger partial charge in [-0.25, -0.2) is 0 Å². The molecular formula is C14H29N3. The number of nitrogens with zero attached hydrogens (tertiary/aromatic N) is 2. The normalized spacial score (nSPS) is 29.3. The summed E-state index contributed by atoms with van der Waals surface area (Å²) in [5, 5.41) is 3.56. The van der Waals surface area contributed by atoms with Gasteiger partial charge in [-0.2, -0.15) is 0 Å². The van der Waals surface area contributed by atoms with Crippen molar-refractivity contribution in [2.24, 2.45) is 0 Å². The second kappa shape index (κ2) is 6.17. The molecule has 0 aromatic carbocycles. The molecule has 2 saturated heterocycles. The van der Waals surface area contributed by atoms with Gasteiger partial charge in [0.2, 0.25) is 0 Å². The Bertz CT molecular complexity index is 230. The molecule has 0 amide bonds. The lowest BCUT2D eigenvalue weighted by molar-refractivity contribution is 0.0308. The predicted octanol–water partition coefficient (Wildman–Crippen LogP) is 1.54. The van der Waals surface area contributed by atoms with Crippen LogP contribution in [0, 0.1) is 0 Å². The summed E-state index contributed by atoms with van der Waals surface area (Å²) in [5.41, 5.74) is 0. The predicted molar refractivity (Wildman–Crippen MR) is 73.4 cm³/mol. The minimum absolute atomic E-state index is 0.605. The van der Waals surface area contributed by atoms with Crippen molar-refractivity contribution in [2.45, 2.75) is 58.2 Å². The van der Waals surface area contributed by atoms with Crippen LogP contribution in [0.25, 0.3) is 0 Å². The smallest absolute Gasteiger partial charge is 0.0223 e. The van der Waals surface area contributed by atoms with Crippen molar-refractivity contribution in [2.75, 3.05) is 32.7 Å². The number of hydrogen-bond donors (Lipinski definition) is 1. The molecule has 0 aromatic heterocycles. The van der Waals surface area contributed by atoms with Gasteiger partial charge in [0.25, 0.3) is 0 Å². The number of piperidine rings is 1. The maximum Gasteiger partial charge on any atom is 0.0223 e. The van der Waals surface area contributed by atoms with Gasteiger partial charge in [-0.05, 0) is 26.3 Å². The first kappa shape index (κ1) is 13.3. The van der Waals surface area contributed by atoms with E-state index in [-0.39, 0.29) is 0 Å². The molecular weight excluding hydrogens is 210 g/mol. The van der Waals surface area contributed by atoms with E-state index in [1.54, 1.807) is 0 Å². The van der Waals surface area contributed by atoms with Crippen LogP contribution in [0.5, 0.6) is 0 Å². The van der Waals surface area contributed by atoms with Crippen molar-refractivity contribution in [3.8, 4) is 0 Å². The molecule has 17 heavy (non-hydrogen) atoms. The monoisotopic (exact) mass is 239 g/mol. The van der Waals surface area contributed by atoms with Gasteiger partial charge in [0.1, 0.15) is 0 Å². The lowest BCUT2D eigenvalue weighted by Gasteiger charge is -2.46. The Balaban J connectivity index is 1.78. The van der Waals surface area contributed by atoms with E-state index in [1.165, 1.54) is 45.4 Å². The summed E-state index contributed by atoms with van der Waals surface area (Å²) < 4.78 is 0. The van der Waals surface area contributed by atoms with Crippen molar-refractivity contribution < 1.29 is 0 Å². The van der Waals surface area contributed by atoms with E-state index >= 15 is 0 Å². The molecule has 2 atom stereocenters. The number of piperazine rings is 1. The van der Waals surface area contributed by atoms with Crippen LogP contribution in [0.3, 0.4) is 0 Å². The number of nitrogens with one attached hydrogen (secondary N) is 1. The van der Waals surface area contributed by atoms with Crippen LogP contribution in [-0.2, 0) is 0 Å². The van der Waals surface area contributed by atoms with Gasteiger partial charge in [0, 0.05) is 44.3 Å². The van der Waals surface area contributed by atoms with Crippen LogP contribution >= 0.6 is 0 Å². The van der Waals surface area contributed by atoms with E-state index < -0.39 is 0 Å². The van der Waals surface area contributed by atoms with Gasteiger partial charge in [-0.3, -0.25) is 9.80 Å². The zero-order chi connectivity index (χ0) is 12.3. The number of rotatable bonds is 4. The highest BCUT2D eigenvalue weighted by Gasteiger charge is 2.30. The first-order valence-electron chi connectivity index (χ1n) is 7.38. The van der Waals surface area contributed by atoms with Gasteiger partial charge < -0.3 is 5.32 Å². The standard InChI is InChI=1S/C14H29N3/c1-12(2)15-10-13(3)17-9-8-16-7-5-4-6-14(16)11-17/h12-15H,4-11H2,1-3H3. The highest BCUT2D eigenvalue weighted by atomic mass is 15.3. The van der Waals surface area contributed by atoms with Gasteiger partial charge in [0.15, 0.2) is 0 Å². The third kappa shape index (κ3) is 3.67. The van der Waals surface area contributed by atoms with Gasteiger partial charge >= 0.3 is 0 Å². The molecule has 0 aliphatic carbocycles. The van der Waals surface area contributed by atoms with Gasteiger partial charge in [-0.15, -0.1) is 0 Å². The van der Waals surface area contributed by atoms with Crippen LogP contribution in [0.1, 0.15) is 40.0 Å². The molecule has 100 valence electrons. The first-order chi connectivity index (χ1) is 8.16. The second-order valence-electron chi connectivity index (χ2n) is 6.09. The highest BCUT2D eigenvalue weighted by Crippen LogP contribution is 2.21. The molecule has 0 aromatic rings.